The molecule has 1 amide bonds. The highest BCUT2D eigenvalue weighted by Crippen LogP contribution is 2.44. The molecular formula is C16H27NO4. The molecule has 1 saturated carbocycles. The molecule has 120 valence electrons. The van der Waals surface area contributed by atoms with E-state index in [1.165, 1.54) is 0 Å². The second-order valence-corrected chi connectivity index (χ2v) is 7.03. The summed E-state index contributed by atoms with van der Waals surface area (Å²) in [6.07, 6.45) is 6.20. The first-order valence-electron chi connectivity index (χ1n) is 7.93. The van der Waals surface area contributed by atoms with Crippen LogP contribution >= 0.6 is 0 Å². The molecule has 2 aliphatic rings. The molecule has 0 radical (unpaired) electrons. The van der Waals surface area contributed by atoms with E-state index in [0.717, 1.165) is 45.1 Å². The average Bonchev–Trinajstić information content (AvgIpc) is 2.86. The predicted octanol–water partition coefficient (Wildman–Crippen LogP) is 2.44. The number of carbonyl (C=O) groups is 2. The highest BCUT2D eigenvalue weighted by molar-refractivity contribution is 5.78. The van der Waals surface area contributed by atoms with E-state index in [9.17, 15) is 9.59 Å². The Balaban J connectivity index is 2.00. The van der Waals surface area contributed by atoms with Crippen molar-refractivity contribution in [1.82, 2.24) is 4.90 Å². The zero-order valence-corrected chi connectivity index (χ0v) is 13.2. The first-order valence-corrected chi connectivity index (χ1v) is 7.93. The lowest BCUT2D eigenvalue weighted by Gasteiger charge is -2.40. The number of carboxylic acid groups (broad SMARTS) is 1. The molecule has 1 aliphatic heterocycles. The van der Waals surface area contributed by atoms with Gasteiger partial charge in [-0.15, -0.1) is 0 Å². The second kappa shape index (κ2) is 6.34. The molecule has 0 aromatic heterocycles. The molecule has 5 nitrogen and oxygen atoms in total. The van der Waals surface area contributed by atoms with Gasteiger partial charge < -0.3 is 14.7 Å². The summed E-state index contributed by atoms with van der Waals surface area (Å²) in [5, 5.41) is 9.14. The normalized spacial score (nSPS) is 28.6. The molecule has 5 heteroatoms. The topological polar surface area (TPSA) is 66.8 Å². The zero-order valence-electron chi connectivity index (χ0n) is 13.2. The Bertz CT molecular complexity index is 403. The van der Waals surface area contributed by atoms with Gasteiger partial charge in [-0.25, -0.2) is 0 Å². The second-order valence-electron chi connectivity index (χ2n) is 7.03. The van der Waals surface area contributed by atoms with E-state index in [0.29, 0.717) is 13.0 Å². The summed E-state index contributed by atoms with van der Waals surface area (Å²) in [7, 11) is 1.69. The van der Waals surface area contributed by atoms with Crippen LogP contribution in [-0.4, -0.2) is 47.7 Å². The number of aliphatic carboxylic acids is 1. The Morgan fingerprint density at radius 2 is 1.81 bits per heavy atom. The quantitative estimate of drug-likeness (QED) is 0.846. The average molecular weight is 297 g/mol. The lowest BCUT2D eigenvalue weighted by Crippen LogP contribution is -2.50. The first-order chi connectivity index (χ1) is 9.88. The summed E-state index contributed by atoms with van der Waals surface area (Å²) in [5.41, 5.74) is -0.576. The third kappa shape index (κ3) is 3.96. The Kier molecular flexibility index (Phi) is 4.91. The maximum absolute atomic E-state index is 12.6. The van der Waals surface area contributed by atoms with E-state index < -0.39 is 5.97 Å². The minimum atomic E-state index is -0.787. The van der Waals surface area contributed by atoms with Crippen LogP contribution in [0.1, 0.15) is 58.3 Å². The number of nitrogens with zero attached hydrogens (tertiary/aromatic N) is 1. The van der Waals surface area contributed by atoms with Crippen LogP contribution in [0.2, 0.25) is 0 Å². The number of rotatable bonds is 5. The van der Waals surface area contributed by atoms with Gasteiger partial charge in [0, 0.05) is 26.6 Å². The molecule has 21 heavy (non-hydrogen) atoms. The Labute approximate surface area is 126 Å². The van der Waals surface area contributed by atoms with Crippen LogP contribution in [-0.2, 0) is 14.3 Å². The number of hydrogen-bond donors (Lipinski definition) is 1. The molecule has 1 saturated heterocycles. The molecule has 0 bridgehead atoms. The van der Waals surface area contributed by atoms with Crippen molar-refractivity contribution < 1.29 is 19.4 Å². The van der Waals surface area contributed by atoms with Crippen LogP contribution < -0.4 is 0 Å². The lowest BCUT2D eigenvalue weighted by atomic mass is 9.79. The highest BCUT2D eigenvalue weighted by atomic mass is 16.5. The van der Waals surface area contributed by atoms with Gasteiger partial charge in [0.2, 0.25) is 5.91 Å². The molecule has 1 heterocycles. The smallest absolute Gasteiger partial charge is 0.303 e. The number of ether oxygens (including phenoxy) is 1. The minimum absolute atomic E-state index is 0.0983. The number of hydrogen-bond acceptors (Lipinski definition) is 3. The van der Waals surface area contributed by atoms with E-state index in [2.05, 4.69) is 0 Å². The van der Waals surface area contributed by atoms with Crippen LogP contribution in [0.5, 0.6) is 0 Å². The lowest BCUT2D eigenvalue weighted by molar-refractivity contribution is -0.144. The predicted molar refractivity (Wildman–Crippen MR) is 79.0 cm³/mol. The summed E-state index contributed by atoms with van der Waals surface area (Å²) in [5.74, 6) is -0.689. The number of carbonyl (C=O) groups excluding carboxylic acids is 1. The summed E-state index contributed by atoms with van der Waals surface area (Å²) in [6.45, 7) is 3.42. The zero-order chi connectivity index (χ0) is 15.5. The minimum Gasteiger partial charge on any atom is -0.481 e. The number of piperidine rings is 1. The molecule has 2 rings (SSSR count). The molecule has 1 aliphatic carbocycles. The number of amides is 1. The van der Waals surface area contributed by atoms with Gasteiger partial charge in [0.25, 0.3) is 0 Å². The Hall–Kier alpha value is -1.10. The summed E-state index contributed by atoms with van der Waals surface area (Å²) >= 11 is 0. The van der Waals surface area contributed by atoms with Crippen molar-refractivity contribution >= 4 is 11.9 Å². The Morgan fingerprint density at radius 1 is 1.14 bits per heavy atom. The van der Waals surface area contributed by atoms with Gasteiger partial charge >= 0.3 is 5.97 Å². The third-order valence-electron chi connectivity index (χ3n) is 5.22. The van der Waals surface area contributed by atoms with E-state index in [-0.39, 0.29) is 23.3 Å². The monoisotopic (exact) mass is 297 g/mol. The Morgan fingerprint density at radius 3 is 2.38 bits per heavy atom. The highest BCUT2D eigenvalue weighted by Gasteiger charge is 2.40. The van der Waals surface area contributed by atoms with Gasteiger partial charge in [0.15, 0.2) is 0 Å². The van der Waals surface area contributed by atoms with Gasteiger partial charge in [-0.3, -0.25) is 9.59 Å². The van der Waals surface area contributed by atoms with Crippen LogP contribution in [0.25, 0.3) is 0 Å². The number of methoxy groups -OCH3 is 1. The molecular weight excluding hydrogens is 270 g/mol. The molecule has 1 atom stereocenters. The number of carboxylic acids is 1. The standard InChI is InChI=1S/C16H27NO4/c1-15(21-2)6-5-9-17(12-15)13(18)10-16(11-14(19)20)7-3-4-8-16/h3-12H2,1-2H3,(H,19,20). The van der Waals surface area contributed by atoms with Crippen LogP contribution in [0.3, 0.4) is 0 Å². The fourth-order valence-electron chi connectivity index (χ4n) is 3.88. The maximum Gasteiger partial charge on any atom is 0.303 e. The van der Waals surface area contributed by atoms with Crippen molar-refractivity contribution in [1.29, 1.82) is 0 Å². The van der Waals surface area contributed by atoms with E-state index in [1.807, 2.05) is 11.8 Å². The van der Waals surface area contributed by atoms with Gasteiger partial charge in [-0.05, 0) is 38.0 Å². The number of likely N-dealkylation sites (tertiary alicyclic amines) is 1. The van der Waals surface area contributed by atoms with E-state index >= 15 is 0 Å². The molecule has 1 unspecified atom stereocenters. The summed E-state index contributed by atoms with van der Waals surface area (Å²) in [6, 6.07) is 0. The summed E-state index contributed by atoms with van der Waals surface area (Å²) in [4.78, 5) is 25.6. The van der Waals surface area contributed by atoms with Crippen molar-refractivity contribution in [2.75, 3.05) is 20.2 Å². The van der Waals surface area contributed by atoms with Crippen LogP contribution in [0.15, 0.2) is 0 Å². The maximum atomic E-state index is 12.6. The van der Waals surface area contributed by atoms with Gasteiger partial charge in [0.05, 0.1) is 12.0 Å². The van der Waals surface area contributed by atoms with Gasteiger partial charge in [-0.2, -0.15) is 0 Å². The molecule has 1 N–H and O–H groups in total. The third-order valence-corrected chi connectivity index (χ3v) is 5.22. The summed E-state index contributed by atoms with van der Waals surface area (Å²) < 4.78 is 5.53. The fraction of sp³-hybridized carbons (Fsp3) is 0.875. The van der Waals surface area contributed by atoms with Gasteiger partial charge in [0.1, 0.15) is 0 Å². The SMILES string of the molecule is COC1(C)CCCN(C(=O)CC2(CC(=O)O)CCCC2)C1. The van der Waals surface area contributed by atoms with Crippen molar-refractivity contribution in [3.8, 4) is 0 Å². The molecule has 0 aromatic rings. The van der Waals surface area contributed by atoms with Crippen molar-refractivity contribution in [3.05, 3.63) is 0 Å². The first kappa shape index (κ1) is 16.3. The largest absolute Gasteiger partial charge is 0.481 e. The molecule has 0 aromatic carbocycles. The molecule has 2 fully saturated rings. The van der Waals surface area contributed by atoms with Crippen molar-refractivity contribution in [2.45, 2.75) is 63.9 Å². The van der Waals surface area contributed by atoms with Crippen molar-refractivity contribution in [2.24, 2.45) is 5.41 Å². The van der Waals surface area contributed by atoms with Crippen LogP contribution in [0.4, 0.5) is 0 Å². The molecule has 0 spiro atoms. The van der Waals surface area contributed by atoms with Crippen LogP contribution in [0, 0.1) is 5.41 Å². The van der Waals surface area contributed by atoms with E-state index in [4.69, 9.17) is 9.84 Å². The van der Waals surface area contributed by atoms with Gasteiger partial charge in [-0.1, -0.05) is 12.8 Å². The van der Waals surface area contributed by atoms with Crippen molar-refractivity contribution in [3.63, 3.8) is 0 Å². The van der Waals surface area contributed by atoms with E-state index in [1.54, 1.807) is 7.11 Å². The fourth-order valence-corrected chi connectivity index (χ4v) is 3.88.